The first-order valence-electron chi connectivity index (χ1n) is 5.85. The van der Waals surface area contributed by atoms with Crippen molar-refractivity contribution in [2.24, 2.45) is 0 Å². The maximum atomic E-state index is 12.4. The molecule has 0 saturated carbocycles. The van der Waals surface area contributed by atoms with E-state index in [0.29, 0.717) is 12.8 Å². The number of halogens is 2. The standard InChI is InChI=1S/C12H10I2N2O5S2/c13-10-5-9(6-11(14)12(10)15)22(17,18)16-7-1-3-8(4-2-7)23(19,20)21/h1-6,16H,15H2,(H,19,20,21). The Kier molecular flexibility index (Phi) is 5.44. The van der Waals surface area contributed by atoms with Gasteiger partial charge in [-0.05, 0) is 81.6 Å². The third kappa shape index (κ3) is 4.46. The number of nitrogen functional groups attached to an aromatic ring is 1. The van der Waals surface area contributed by atoms with Crippen LogP contribution in [0.5, 0.6) is 0 Å². The molecule has 124 valence electrons. The summed E-state index contributed by atoms with van der Waals surface area (Å²) in [6, 6.07) is 7.56. The lowest BCUT2D eigenvalue weighted by Crippen LogP contribution is -2.14. The molecule has 0 fully saturated rings. The molecule has 0 heterocycles. The monoisotopic (exact) mass is 580 g/mol. The second-order valence-corrected chi connectivity index (χ2v) is 9.83. The van der Waals surface area contributed by atoms with Crippen molar-refractivity contribution in [1.29, 1.82) is 0 Å². The van der Waals surface area contributed by atoms with Crippen molar-refractivity contribution in [2.45, 2.75) is 9.79 Å². The number of benzene rings is 2. The molecule has 4 N–H and O–H groups in total. The van der Waals surface area contributed by atoms with Crippen LogP contribution in [0.2, 0.25) is 0 Å². The largest absolute Gasteiger partial charge is 0.397 e. The van der Waals surface area contributed by atoms with Gasteiger partial charge in [0, 0.05) is 12.8 Å². The molecule has 11 heteroatoms. The third-order valence-electron chi connectivity index (χ3n) is 2.77. The number of nitrogens with one attached hydrogen (secondary N) is 1. The van der Waals surface area contributed by atoms with Crippen LogP contribution in [0.25, 0.3) is 0 Å². The van der Waals surface area contributed by atoms with Crippen molar-refractivity contribution >= 4 is 76.7 Å². The first-order chi connectivity index (χ1) is 10.5. The quantitative estimate of drug-likeness (QED) is 0.290. The molecule has 0 unspecified atom stereocenters. The Morgan fingerprint density at radius 1 is 0.913 bits per heavy atom. The smallest absolute Gasteiger partial charge is 0.294 e. The number of anilines is 2. The number of nitrogens with two attached hydrogens (primary N) is 1. The van der Waals surface area contributed by atoms with Gasteiger partial charge in [-0.15, -0.1) is 0 Å². The van der Waals surface area contributed by atoms with Crippen molar-refractivity contribution in [1.82, 2.24) is 0 Å². The van der Waals surface area contributed by atoms with Gasteiger partial charge in [0.2, 0.25) is 0 Å². The first kappa shape index (κ1) is 18.7. The van der Waals surface area contributed by atoms with Crippen LogP contribution in [-0.2, 0) is 20.1 Å². The fourth-order valence-corrected chi connectivity index (χ4v) is 5.41. The van der Waals surface area contributed by atoms with Gasteiger partial charge in [-0.2, -0.15) is 8.42 Å². The molecule has 0 aliphatic heterocycles. The van der Waals surface area contributed by atoms with Gasteiger partial charge in [0.25, 0.3) is 20.1 Å². The van der Waals surface area contributed by atoms with Crippen LogP contribution in [0, 0.1) is 7.14 Å². The van der Waals surface area contributed by atoms with Crippen LogP contribution in [0.15, 0.2) is 46.2 Å². The summed E-state index contributed by atoms with van der Waals surface area (Å²) in [5, 5.41) is 0. The Balaban J connectivity index is 2.35. The Morgan fingerprint density at radius 2 is 1.39 bits per heavy atom. The summed E-state index contributed by atoms with van der Waals surface area (Å²) < 4.78 is 59.1. The Hall–Kier alpha value is -0.640. The van der Waals surface area contributed by atoms with Crippen LogP contribution in [0.4, 0.5) is 11.4 Å². The van der Waals surface area contributed by atoms with Crippen molar-refractivity contribution < 1.29 is 21.4 Å². The van der Waals surface area contributed by atoms with Gasteiger partial charge in [0.1, 0.15) is 0 Å². The molecule has 0 spiro atoms. The van der Waals surface area contributed by atoms with Crippen LogP contribution in [-0.4, -0.2) is 21.4 Å². The zero-order chi connectivity index (χ0) is 17.4. The minimum Gasteiger partial charge on any atom is -0.397 e. The van der Waals surface area contributed by atoms with Gasteiger partial charge in [-0.25, -0.2) is 8.42 Å². The summed E-state index contributed by atoms with van der Waals surface area (Å²) in [6.45, 7) is 0. The summed E-state index contributed by atoms with van der Waals surface area (Å²) in [5.74, 6) is 0. The third-order valence-corrected chi connectivity index (χ3v) is 6.78. The lowest BCUT2D eigenvalue weighted by molar-refractivity contribution is 0.483. The average Bonchev–Trinajstić information content (AvgIpc) is 2.43. The minimum atomic E-state index is -4.32. The zero-order valence-electron chi connectivity index (χ0n) is 11.2. The highest BCUT2D eigenvalue weighted by molar-refractivity contribution is 14.1. The van der Waals surface area contributed by atoms with E-state index >= 15 is 0 Å². The number of rotatable bonds is 4. The van der Waals surface area contributed by atoms with Crippen LogP contribution in [0.3, 0.4) is 0 Å². The Labute approximate surface area is 160 Å². The summed E-state index contributed by atoms with van der Waals surface area (Å²) in [7, 11) is -8.18. The normalized spacial score (nSPS) is 12.1. The van der Waals surface area contributed by atoms with E-state index < -0.39 is 20.1 Å². The van der Waals surface area contributed by atoms with Gasteiger partial charge in [0.05, 0.1) is 15.5 Å². The lowest BCUT2D eigenvalue weighted by Gasteiger charge is -2.11. The Morgan fingerprint density at radius 3 is 1.83 bits per heavy atom. The SMILES string of the molecule is Nc1c(I)cc(S(=O)(=O)Nc2ccc(S(=O)(=O)O)cc2)cc1I. The van der Waals surface area contributed by atoms with Gasteiger partial charge < -0.3 is 5.73 Å². The molecule has 23 heavy (non-hydrogen) atoms. The summed E-state index contributed by atoms with van der Waals surface area (Å²) in [6.07, 6.45) is 0. The average molecular weight is 580 g/mol. The minimum absolute atomic E-state index is 0.0411. The van der Waals surface area contributed by atoms with Crippen molar-refractivity contribution in [3.8, 4) is 0 Å². The molecule has 0 aromatic heterocycles. The van der Waals surface area contributed by atoms with Gasteiger partial charge in [-0.1, -0.05) is 0 Å². The molecule has 0 aliphatic rings. The molecular weight excluding hydrogens is 570 g/mol. The molecule has 2 aromatic carbocycles. The molecule has 0 aliphatic carbocycles. The molecular formula is C12H10I2N2O5S2. The predicted octanol–water partition coefficient (Wildman–Crippen LogP) is 2.53. The number of sulfonamides is 1. The maximum Gasteiger partial charge on any atom is 0.294 e. The maximum absolute atomic E-state index is 12.4. The van der Waals surface area contributed by atoms with Gasteiger partial charge >= 0.3 is 0 Å². The van der Waals surface area contributed by atoms with Crippen LogP contribution >= 0.6 is 45.2 Å². The fourth-order valence-electron chi connectivity index (χ4n) is 1.63. The molecule has 0 radical (unpaired) electrons. The van der Waals surface area contributed by atoms with E-state index in [-0.39, 0.29) is 15.5 Å². The molecule has 0 amide bonds. The lowest BCUT2D eigenvalue weighted by atomic mass is 10.3. The second kappa shape index (κ2) is 6.70. The van der Waals surface area contributed by atoms with Gasteiger partial charge in [0.15, 0.2) is 0 Å². The fraction of sp³-hybridized carbons (Fsp3) is 0. The highest BCUT2D eigenvalue weighted by atomic mass is 127. The Bertz CT molecular complexity index is 934. The first-order valence-corrected chi connectivity index (χ1v) is 10.9. The van der Waals surface area contributed by atoms with Gasteiger partial charge in [-0.3, -0.25) is 9.27 Å². The van der Waals surface area contributed by atoms with E-state index in [1.54, 1.807) is 0 Å². The second-order valence-electron chi connectivity index (χ2n) is 4.41. The molecule has 0 saturated heterocycles. The van der Waals surface area contributed by atoms with E-state index in [1.165, 1.54) is 24.3 Å². The molecule has 2 aromatic rings. The van der Waals surface area contributed by atoms with E-state index in [9.17, 15) is 16.8 Å². The summed E-state index contributed by atoms with van der Waals surface area (Å²) >= 11 is 3.89. The molecule has 0 bridgehead atoms. The molecule has 0 atom stereocenters. The molecule has 7 nitrogen and oxygen atoms in total. The van der Waals surface area contributed by atoms with E-state index in [2.05, 4.69) is 4.72 Å². The molecule has 2 rings (SSSR count). The van der Waals surface area contributed by atoms with Crippen LogP contribution < -0.4 is 10.5 Å². The van der Waals surface area contributed by atoms with Crippen molar-refractivity contribution in [3.05, 3.63) is 43.5 Å². The highest BCUT2D eigenvalue weighted by Gasteiger charge is 2.18. The van der Waals surface area contributed by atoms with Crippen LogP contribution in [0.1, 0.15) is 0 Å². The topological polar surface area (TPSA) is 127 Å². The highest BCUT2D eigenvalue weighted by Crippen LogP contribution is 2.27. The number of hydrogen-bond acceptors (Lipinski definition) is 5. The van der Waals surface area contributed by atoms with Crippen molar-refractivity contribution in [2.75, 3.05) is 10.5 Å². The zero-order valence-corrected chi connectivity index (χ0v) is 17.1. The van der Waals surface area contributed by atoms with Crippen molar-refractivity contribution in [3.63, 3.8) is 0 Å². The predicted molar refractivity (Wildman–Crippen MR) is 103 cm³/mol. The van der Waals surface area contributed by atoms with E-state index in [1.807, 2.05) is 45.2 Å². The summed E-state index contributed by atoms with van der Waals surface area (Å²) in [5.41, 5.74) is 6.46. The number of hydrogen-bond donors (Lipinski definition) is 3. The van der Waals surface area contributed by atoms with E-state index in [0.717, 1.165) is 12.1 Å². The summed E-state index contributed by atoms with van der Waals surface area (Å²) in [4.78, 5) is -0.281. The van der Waals surface area contributed by atoms with E-state index in [4.69, 9.17) is 10.3 Å².